The third-order valence-corrected chi connectivity index (χ3v) is 2.43. The highest BCUT2D eigenvalue weighted by Crippen LogP contribution is 2.12. The zero-order valence-electron chi connectivity index (χ0n) is 11.3. The molecular weight excluding hydrogens is 250 g/mol. The topological polar surface area (TPSA) is 30.5 Å². The Morgan fingerprint density at radius 3 is 2.33 bits per heavy atom. The van der Waals surface area contributed by atoms with E-state index >= 15 is 0 Å². The second kappa shape index (κ2) is 7.62. The summed E-state index contributed by atoms with van der Waals surface area (Å²) >= 11 is 5.80. The average molecular weight is 272 g/mol. The quantitative estimate of drug-likeness (QED) is 0.769. The monoisotopic (exact) mass is 271 g/mol. The Morgan fingerprint density at radius 1 is 1.06 bits per heavy atom. The molecule has 1 rings (SSSR count). The molecule has 0 spiro atoms. The molecule has 0 amide bonds. The molecule has 0 unspecified atom stereocenters. The Kier molecular flexibility index (Phi) is 6.47. The Hall–Kier alpha value is -0.770. The number of rotatable bonds is 7. The molecule has 0 saturated heterocycles. The maximum atomic E-state index is 5.80. The average Bonchev–Trinajstić information content (AvgIpc) is 2.29. The van der Waals surface area contributed by atoms with E-state index < -0.39 is 0 Å². The van der Waals surface area contributed by atoms with Crippen LogP contribution in [0.1, 0.15) is 20.8 Å². The van der Waals surface area contributed by atoms with E-state index in [1.54, 1.807) is 0 Å². The van der Waals surface area contributed by atoms with Gasteiger partial charge in [0.05, 0.1) is 25.4 Å². The number of benzene rings is 1. The zero-order valence-corrected chi connectivity index (χ0v) is 12.1. The fraction of sp³-hybridized carbons (Fsp3) is 0.571. The van der Waals surface area contributed by atoms with Crippen LogP contribution in [0.5, 0.6) is 0 Å². The maximum Gasteiger partial charge on any atom is 0.0707 e. The molecule has 1 aromatic carbocycles. The Bertz CT molecular complexity index is 333. The summed E-state index contributed by atoms with van der Waals surface area (Å²) in [5.74, 6) is 0. The van der Waals surface area contributed by atoms with Crippen molar-refractivity contribution in [2.75, 3.05) is 31.7 Å². The fourth-order valence-electron chi connectivity index (χ4n) is 1.34. The summed E-state index contributed by atoms with van der Waals surface area (Å²) < 4.78 is 11.0. The normalized spacial score (nSPS) is 11.6. The lowest BCUT2D eigenvalue weighted by atomic mass is 10.2. The van der Waals surface area contributed by atoms with Gasteiger partial charge in [0.15, 0.2) is 0 Å². The predicted octanol–water partition coefficient (Wildman–Crippen LogP) is 3.58. The van der Waals surface area contributed by atoms with Crippen LogP contribution in [0.4, 0.5) is 5.69 Å². The highest BCUT2D eigenvalue weighted by Gasteiger charge is 2.08. The lowest BCUT2D eigenvalue weighted by Gasteiger charge is -2.19. The number of hydrogen-bond donors (Lipinski definition) is 1. The van der Waals surface area contributed by atoms with Gasteiger partial charge in [-0.1, -0.05) is 11.6 Å². The molecule has 0 aliphatic carbocycles. The van der Waals surface area contributed by atoms with Crippen molar-refractivity contribution in [2.45, 2.75) is 26.4 Å². The fourth-order valence-corrected chi connectivity index (χ4v) is 1.47. The molecule has 0 fully saturated rings. The summed E-state index contributed by atoms with van der Waals surface area (Å²) in [6, 6.07) is 7.62. The van der Waals surface area contributed by atoms with Crippen molar-refractivity contribution in [2.24, 2.45) is 0 Å². The van der Waals surface area contributed by atoms with Gasteiger partial charge in [-0.05, 0) is 45.0 Å². The van der Waals surface area contributed by atoms with E-state index in [2.05, 4.69) is 5.32 Å². The first kappa shape index (κ1) is 15.3. The smallest absolute Gasteiger partial charge is 0.0707 e. The van der Waals surface area contributed by atoms with Crippen molar-refractivity contribution in [3.05, 3.63) is 29.3 Å². The van der Waals surface area contributed by atoms with Gasteiger partial charge >= 0.3 is 0 Å². The van der Waals surface area contributed by atoms with Gasteiger partial charge in [-0.15, -0.1) is 0 Å². The number of halogens is 1. The number of hydrogen-bond acceptors (Lipinski definition) is 3. The molecule has 3 nitrogen and oxygen atoms in total. The predicted molar refractivity (Wildman–Crippen MR) is 76.5 cm³/mol. The van der Waals surface area contributed by atoms with Crippen LogP contribution in [-0.2, 0) is 9.47 Å². The Balaban J connectivity index is 2.00. The Morgan fingerprint density at radius 2 is 1.72 bits per heavy atom. The van der Waals surface area contributed by atoms with E-state index in [0.717, 1.165) is 17.3 Å². The maximum absolute atomic E-state index is 5.80. The van der Waals surface area contributed by atoms with Gasteiger partial charge in [0.25, 0.3) is 0 Å². The molecule has 0 atom stereocenters. The summed E-state index contributed by atoms with van der Waals surface area (Å²) in [6.45, 7) is 8.80. The van der Waals surface area contributed by atoms with Crippen molar-refractivity contribution in [1.29, 1.82) is 0 Å². The number of nitrogens with one attached hydrogen (secondary N) is 1. The van der Waals surface area contributed by atoms with Gasteiger partial charge in [0.1, 0.15) is 0 Å². The third-order valence-electron chi connectivity index (χ3n) is 2.18. The lowest BCUT2D eigenvalue weighted by Crippen LogP contribution is -2.22. The van der Waals surface area contributed by atoms with E-state index in [9.17, 15) is 0 Å². The molecule has 18 heavy (non-hydrogen) atoms. The summed E-state index contributed by atoms with van der Waals surface area (Å²) in [4.78, 5) is 0. The summed E-state index contributed by atoms with van der Waals surface area (Å²) in [6.07, 6.45) is 0. The van der Waals surface area contributed by atoms with Crippen molar-refractivity contribution < 1.29 is 9.47 Å². The van der Waals surface area contributed by atoms with E-state index in [1.165, 1.54) is 0 Å². The second-order valence-electron chi connectivity index (χ2n) is 5.01. The van der Waals surface area contributed by atoms with Gasteiger partial charge in [-0.25, -0.2) is 0 Å². The molecule has 0 saturated carbocycles. The minimum absolute atomic E-state index is 0.0923. The van der Waals surface area contributed by atoms with E-state index in [-0.39, 0.29) is 5.60 Å². The number of anilines is 1. The van der Waals surface area contributed by atoms with E-state index in [4.69, 9.17) is 21.1 Å². The highest BCUT2D eigenvalue weighted by atomic mass is 35.5. The van der Waals surface area contributed by atoms with Crippen molar-refractivity contribution in [1.82, 2.24) is 0 Å². The van der Waals surface area contributed by atoms with Crippen LogP contribution in [-0.4, -0.2) is 32.0 Å². The minimum atomic E-state index is -0.0923. The summed E-state index contributed by atoms with van der Waals surface area (Å²) in [5, 5.41) is 4.00. The molecule has 0 bridgehead atoms. The molecule has 0 heterocycles. The first-order chi connectivity index (χ1) is 8.47. The van der Waals surface area contributed by atoms with Crippen LogP contribution in [0.3, 0.4) is 0 Å². The van der Waals surface area contributed by atoms with Crippen LogP contribution < -0.4 is 5.32 Å². The molecule has 0 aromatic heterocycles. The van der Waals surface area contributed by atoms with Gasteiger partial charge in [0.2, 0.25) is 0 Å². The van der Waals surface area contributed by atoms with Gasteiger partial charge in [-0.2, -0.15) is 0 Å². The second-order valence-corrected chi connectivity index (χ2v) is 5.44. The number of ether oxygens (including phenoxy) is 2. The van der Waals surface area contributed by atoms with Crippen LogP contribution in [0.2, 0.25) is 5.02 Å². The van der Waals surface area contributed by atoms with Crippen molar-refractivity contribution in [3.8, 4) is 0 Å². The van der Waals surface area contributed by atoms with Crippen LogP contribution >= 0.6 is 11.6 Å². The Labute approximate surface area is 114 Å². The molecule has 102 valence electrons. The standard InChI is InChI=1S/C14H22ClNO2/c1-14(2,3)18-11-10-17-9-8-16-13-6-4-12(15)5-7-13/h4-7,16H,8-11H2,1-3H3. The molecular formula is C14H22ClNO2. The largest absolute Gasteiger partial charge is 0.383 e. The minimum Gasteiger partial charge on any atom is -0.383 e. The van der Waals surface area contributed by atoms with E-state index in [1.807, 2.05) is 45.0 Å². The van der Waals surface area contributed by atoms with Crippen LogP contribution in [0, 0.1) is 0 Å². The molecule has 4 heteroatoms. The summed E-state index contributed by atoms with van der Waals surface area (Å²) in [7, 11) is 0. The lowest BCUT2D eigenvalue weighted by molar-refractivity contribution is -0.0335. The highest BCUT2D eigenvalue weighted by molar-refractivity contribution is 6.30. The van der Waals surface area contributed by atoms with Crippen molar-refractivity contribution >= 4 is 17.3 Å². The molecule has 1 N–H and O–H groups in total. The van der Waals surface area contributed by atoms with Gasteiger partial charge < -0.3 is 14.8 Å². The molecule has 0 aliphatic heterocycles. The first-order valence-electron chi connectivity index (χ1n) is 6.18. The van der Waals surface area contributed by atoms with Crippen LogP contribution in [0.25, 0.3) is 0 Å². The van der Waals surface area contributed by atoms with Crippen LogP contribution in [0.15, 0.2) is 24.3 Å². The molecule has 0 radical (unpaired) electrons. The zero-order chi connectivity index (χ0) is 13.4. The SMILES string of the molecule is CC(C)(C)OCCOCCNc1ccc(Cl)cc1. The van der Waals surface area contributed by atoms with Gasteiger partial charge in [0, 0.05) is 17.3 Å². The summed E-state index contributed by atoms with van der Waals surface area (Å²) in [5.41, 5.74) is 0.958. The first-order valence-corrected chi connectivity index (χ1v) is 6.56. The van der Waals surface area contributed by atoms with Crippen molar-refractivity contribution in [3.63, 3.8) is 0 Å². The molecule has 1 aromatic rings. The van der Waals surface area contributed by atoms with E-state index in [0.29, 0.717) is 19.8 Å². The third kappa shape index (κ3) is 7.54. The van der Waals surface area contributed by atoms with Gasteiger partial charge in [-0.3, -0.25) is 0 Å². The molecule has 0 aliphatic rings.